The number of rotatable bonds is 9. The first-order chi connectivity index (χ1) is 19.4. The molecule has 218 valence electrons. The number of benzene rings is 1. The maximum atomic E-state index is 13.5. The van der Waals surface area contributed by atoms with Gasteiger partial charge in [-0.05, 0) is 67.3 Å². The molecule has 4 rings (SSSR count). The summed E-state index contributed by atoms with van der Waals surface area (Å²) in [5.74, 6) is -0.976. The van der Waals surface area contributed by atoms with Crippen LogP contribution < -0.4 is 10.6 Å². The number of carboxylic acid groups (broad SMARTS) is 1. The zero-order chi connectivity index (χ0) is 29.7. The minimum Gasteiger partial charge on any atom is -0.481 e. The third-order valence-corrected chi connectivity index (χ3v) is 8.28. The van der Waals surface area contributed by atoms with Gasteiger partial charge in [0, 0.05) is 24.3 Å². The Balaban J connectivity index is 1.52. The highest BCUT2D eigenvalue weighted by molar-refractivity contribution is 6.42. The number of hydrogen-bond donors (Lipinski definition) is 3. The van der Waals surface area contributed by atoms with Crippen LogP contribution in [0, 0.1) is 11.3 Å². The van der Waals surface area contributed by atoms with Crippen LogP contribution in [-0.4, -0.2) is 50.2 Å². The van der Waals surface area contributed by atoms with Gasteiger partial charge in [0.25, 0.3) is 11.8 Å². The molecule has 41 heavy (non-hydrogen) atoms. The van der Waals surface area contributed by atoms with Gasteiger partial charge in [-0.1, -0.05) is 50.0 Å². The monoisotopic (exact) mass is 599 g/mol. The number of nitrogens with one attached hydrogen (secondary N) is 2. The van der Waals surface area contributed by atoms with E-state index in [0.29, 0.717) is 38.6 Å². The fraction of sp³-hybridized carbons (Fsp3) is 0.433. The molecule has 9 nitrogen and oxygen atoms in total. The van der Waals surface area contributed by atoms with Gasteiger partial charge in [0.15, 0.2) is 0 Å². The summed E-state index contributed by atoms with van der Waals surface area (Å²) in [7, 11) is 0. The molecule has 2 heterocycles. The van der Waals surface area contributed by atoms with Gasteiger partial charge in [-0.3, -0.25) is 24.0 Å². The zero-order valence-electron chi connectivity index (χ0n) is 23.4. The van der Waals surface area contributed by atoms with E-state index in [1.807, 2.05) is 0 Å². The van der Waals surface area contributed by atoms with Crippen molar-refractivity contribution >= 4 is 41.0 Å². The molecule has 3 N–H and O–H groups in total. The molecule has 2 aromatic heterocycles. The fourth-order valence-electron chi connectivity index (χ4n) is 5.07. The van der Waals surface area contributed by atoms with Crippen LogP contribution in [0.1, 0.15) is 79.4 Å². The van der Waals surface area contributed by atoms with Crippen molar-refractivity contribution in [2.24, 2.45) is 11.3 Å². The molecule has 0 saturated heterocycles. The van der Waals surface area contributed by atoms with Crippen LogP contribution in [0.15, 0.2) is 42.6 Å². The minimum atomic E-state index is -0.990. The van der Waals surface area contributed by atoms with Gasteiger partial charge in [0.1, 0.15) is 5.69 Å². The predicted molar refractivity (Wildman–Crippen MR) is 158 cm³/mol. The van der Waals surface area contributed by atoms with Gasteiger partial charge >= 0.3 is 5.97 Å². The Kier molecular flexibility index (Phi) is 9.71. The van der Waals surface area contributed by atoms with Crippen molar-refractivity contribution in [1.82, 2.24) is 25.4 Å². The van der Waals surface area contributed by atoms with Crippen molar-refractivity contribution in [3.05, 3.63) is 69.6 Å². The van der Waals surface area contributed by atoms with E-state index in [9.17, 15) is 14.4 Å². The lowest BCUT2D eigenvalue weighted by atomic mass is 9.71. The number of amides is 2. The summed E-state index contributed by atoms with van der Waals surface area (Å²) in [4.78, 5) is 40.9. The van der Waals surface area contributed by atoms with Gasteiger partial charge in [-0.15, -0.1) is 0 Å². The van der Waals surface area contributed by atoms with Crippen LogP contribution in [0.25, 0.3) is 11.3 Å². The Morgan fingerprint density at radius 2 is 1.73 bits per heavy atom. The molecule has 11 heteroatoms. The molecule has 1 aliphatic carbocycles. The predicted octanol–water partition coefficient (Wildman–Crippen LogP) is 5.84. The first kappa shape index (κ1) is 30.5. The lowest BCUT2D eigenvalue weighted by molar-refractivity contribution is -0.136. The number of aliphatic carboxylic acids is 1. The first-order valence-corrected chi connectivity index (χ1v) is 14.5. The van der Waals surface area contributed by atoms with E-state index in [4.69, 9.17) is 33.4 Å². The largest absolute Gasteiger partial charge is 0.481 e. The number of carbonyl (C=O) groups is 3. The number of nitrogens with zero attached hydrogens (tertiary/aromatic N) is 3. The lowest BCUT2D eigenvalue weighted by Gasteiger charge is -2.37. The maximum Gasteiger partial charge on any atom is 0.305 e. The minimum absolute atomic E-state index is 0.0248. The fourth-order valence-corrected chi connectivity index (χ4v) is 5.37. The number of hydrogen-bond acceptors (Lipinski definition) is 5. The third-order valence-electron chi connectivity index (χ3n) is 7.54. The second kappa shape index (κ2) is 13.0. The number of carboxylic acids is 1. The van der Waals surface area contributed by atoms with Crippen LogP contribution in [-0.2, 0) is 11.3 Å². The van der Waals surface area contributed by atoms with E-state index in [2.05, 4.69) is 36.4 Å². The van der Waals surface area contributed by atoms with Gasteiger partial charge in [-0.2, -0.15) is 5.10 Å². The Labute approximate surface area is 249 Å². The Hall–Kier alpha value is -3.43. The molecular formula is C30H35Cl2N5O4. The second-order valence-corrected chi connectivity index (χ2v) is 12.3. The summed E-state index contributed by atoms with van der Waals surface area (Å²) in [5, 5.41) is 20.0. The summed E-state index contributed by atoms with van der Waals surface area (Å²) in [6, 6.07) is 10.3. The van der Waals surface area contributed by atoms with Crippen molar-refractivity contribution in [1.29, 1.82) is 0 Å². The zero-order valence-corrected chi connectivity index (χ0v) is 24.9. The summed E-state index contributed by atoms with van der Waals surface area (Å²) >= 11 is 12.3. The van der Waals surface area contributed by atoms with Crippen molar-refractivity contribution in [3.63, 3.8) is 0 Å². The number of halogens is 2. The number of carbonyl (C=O) groups excluding carboxylic acids is 2. The SMILES string of the molecule is CC(C)(C)[C@H]1CC[C@@H](NC(=O)c2cc(-c3ccc(Cl)c(Cl)c3)nn2Cc2ccc(C(=O)NCCC(=O)O)cn2)CC1. The highest BCUT2D eigenvalue weighted by Gasteiger charge is 2.31. The second-order valence-electron chi connectivity index (χ2n) is 11.5. The summed E-state index contributed by atoms with van der Waals surface area (Å²) in [5.41, 5.74) is 2.83. The Bertz CT molecular complexity index is 1410. The molecule has 1 fully saturated rings. The molecule has 3 aromatic rings. The molecular weight excluding hydrogens is 565 g/mol. The van der Waals surface area contributed by atoms with Gasteiger partial charge in [-0.25, -0.2) is 0 Å². The van der Waals surface area contributed by atoms with Gasteiger partial charge in [0.05, 0.1) is 40.0 Å². The highest BCUT2D eigenvalue weighted by atomic mass is 35.5. The van der Waals surface area contributed by atoms with Crippen molar-refractivity contribution in [3.8, 4) is 11.3 Å². The van der Waals surface area contributed by atoms with Crippen LogP contribution in [0.5, 0.6) is 0 Å². The molecule has 0 atom stereocenters. The standard InChI is InChI=1S/C30H35Cl2N5O4/c1-30(2,3)20-6-9-21(10-7-20)35-29(41)26-15-25(18-5-11-23(31)24(32)14-18)36-37(26)17-22-8-4-19(16-34-22)28(40)33-13-12-27(38)39/h4-5,8,11,14-16,20-21H,6-7,9-10,12-13,17H2,1-3H3,(H,33,40)(H,35,41)(H,38,39)/t20-,21+. The molecule has 2 amide bonds. The third kappa shape index (κ3) is 8.07. The first-order valence-electron chi connectivity index (χ1n) is 13.7. The van der Waals surface area contributed by atoms with Gasteiger partial charge in [0.2, 0.25) is 0 Å². The van der Waals surface area contributed by atoms with Crippen molar-refractivity contribution < 1.29 is 19.5 Å². The summed E-state index contributed by atoms with van der Waals surface area (Å²) in [6.45, 7) is 7.03. The molecule has 0 spiro atoms. The number of pyridine rings is 1. The van der Waals surface area contributed by atoms with E-state index in [1.165, 1.54) is 6.20 Å². The average Bonchev–Trinajstić information content (AvgIpc) is 3.34. The van der Waals surface area contributed by atoms with E-state index in [0.717, 1.165) is 31.2 Å². The van der Waals surface area contributed by atoms with E-state index < -0.39 is 11.9 Å². The smallest absolute Gasteiger partial charge is 0.305 e. The van der Waals surface area contributed by atoms with Crippen LogP contribution in [0.4, 0.5) is 0 Å². The van der Waals surface area contributed by atoms with Crippen LogP contribution in [0.2, 0.25) is 10.0 Å². The molecule has 0 unspecified atom stereocenters. The van der Waals surface area contributed by atoms with Crippen molar-refractivity contribution in [2.75, 3.05) is 6.54 Å². The molecule has 0 radical (unpaired) electrons. The summed E-state index contributed by atoms with van der Waals surface area (Å²) < 4.78 is 1.60. The number of aromatic nitrogens is 3. The summed E-state index contributed by atoms with van der Waals surface area (Å²) in [6.07, 6.45) is 5.26. The van der Waals surface area contributed by atoms with E-state index in [1.54, 1.807) is 41.1 Å². The average molecular weight is 601 g/mol. The molecule has 0 bridgehead atoms. The van der Waals surface area contributed by atoms with E-state index in [-0.39, 0.29) is 36.9 Å². The van der Waals surface area contributed by atoms with Crippen LogP contribution >= 0.6 is 23.2 Å². The molecule has 1 aromatic carbocycles. The molecule has 1 saturated carbocycles. The topological polar surface area (TPSA) is 126 Å². The Morgan fingerprint density at radius 1 is 1.00 bits per heavy atom. The highest BCUT2D eigenvalue weighted by Crippen LogP contribution is 2.38. The van der Waals surface area contributed by atoms with E-state index >= 15 is 0 Å². The normalized spacial score (nSPS) is 17.2. The Morgan fingerprint density at radius 3 is 2.34 bits per heavy atom. The van der Waals surface area contributed by atoms with Gasteiger partial charge < -0.3 is 15.7 Å². The van der Waals surface area contributed by atoms with Crippen LogP contribution in [0.3, 0.4) is 0 Å². The van der Waals surface area contributed by atoms with Crippen molar-refractivity contribution in [2.45, 2.75) is 65.5 Å². The molecule has 1 aliphatic rings. The maximum absolute atomic E-state index is 13.5. The molecule has 0 aliphatic heterocycles. The quantitative estimate of drug-likeness (QED) is 0.283. The lowest BCUT2D eigenvalue weighted by Crippen LogP contribution is -2.40.